The lowest BCUT2D eigenvalue weighted by molar-refractivity contribution is -0.922. The van der Waals surface area contributed by atoms with E-state index in [2.05, 4.69) is 42.6 Å². The Morgan fingerprint density at radius 2 is 1.96 bits per heavy atom. The molecule has 5 rings (SSSR count). The van der Waals surface area contributed by atoms with E-state index >= 15 is 0 Å². The topological polar surface area (TPSA) is 51.5 Å². The van der Waals surface area contributed by atoms with Gasteiger partial charge in [0.05, 0.1) is 18.6 Å². The molecule has 1 aliphatic heterocycles. The second kappa shape index (κ2) is 7.78. The van der Waals surface area contributed by atoms with E-state index in [4.69, 9.17) is 14.7 Å². The highest BCUT2D eigenvalue weighted by Gasteiger charge is 2.24. The number of rotatable bonds is 5. The van der Waals surface area contributed by atoms with Crippen LogP contribution in [-0.4, -0.2) is 36.3 Å². The highest BCUT2D eigenvalue weighted by molar-refractivity contribution is 7.19. The summed E-state index contributed by atoms with van der Waals surface area (Å²) >= 11 is 1.87. The van der Waals surface area contributed by atoms with Gasteiger partial charge in [-0.25, -0.2) is 9.97 Å². The number of nitrogens with zero attached hydrogens (tertiary/aromatic N) is 2. The van der Waals surface area contributed by atoms with E-state index in [9.17, 15) is 0 Å². The van der Waals surface area contributed by atoms with Crippen molar-refractivity contribution in [1.82, 2.24) is 9.97 Å². The number of aromatic nitrogens is 2. The van der Waals surface area contributed by atoms with Crippen LogP contribution in [0.15, 0.2) is 30.3 Å². The average molecular weight is 396 g/mol. The molecule has 1 fully saturated rings. The highest BCUT2D eigenvalue weighted by Crippen LogP contribution is 2.40. The van der Waals surface area contributed by atoms with Crippen molar-refractivity contribution in [3.8, 4) is 0 Å². The number of ether oxygens (including phenoxy) is 1. The van der Waals surface area contributed by atoms with Crippen LogP contribution in [0.3, 0.4) is 0 Å². The minimum Gasteiger partial charge on any atom is -0.370 e. The van der Waals surface area contributed by atoms with Crippen LogP contribution in [0.4, 0.5) is 5.82 Å². The van der Waals surface area contributed by atoms with E-state index in [0.29, 0.717) is 0 Å². The summed E-state index contributed by atoms with van der Waals surface area (Å²) in [6, 6.07) is 10.8. The van der Waals surface area contributed by atoms with E-state index in [-0.39, 0.29) is 6.04 Å². The lowest BCUT2D eigenvalue weighted by Crippen LogP contribution is -3.12. The van der Waals surface area contributed by atoms with Gasteiger partial charge in [0.1, 0.15) is 30.3 Å². The largest absolute Gasteiger partial charge is 0.370 e. The zero-order valence-electron chi connectivity index (χ0n) is 16.3. The van der Waals surface area contributed by atoms with Gasteiger partial charge >= 0.3 is 0 Å². The lowest BCUT2D eigenvalue weighted by atomic mass is 10.1. The number of hydrogen-bond donors (Lipinski definition) is 2. The molecule has 3 aromatic rings. The number of morpholine rings is 1. The fourth-order valence-electron chi connectivity index (χ4n) is 4.31. The monoisotopic (exact) mass is 395 g/mol. The average Bonchev–Trinajstić information content (AvgIpc) is 3.30. The van der Waals surface area contributed by atoms with Gasteiger partial charge in [-0.1, -0.05) is 30.3 Å². The molecule has 1 atom stereocenters. The number of benzene rings is 1. The highest BCUT2D eigenvalue weighted by atomic mass is 32.1. The van der Waals surface area contributed by atoms with Gasteiger partial charge in [-0.05, 0) is 37.3 Å². The first-order valence-corrected chi connectivity index (χ1v) is 11.1. The van der Waals surface area contributed by atoms with E-state index in [1.54, 1.807) is 0 Å². The maximum absolute atomic E-state index is 5.50. The SMILES string of the molecule is C[C@@H](Nc1nc(C[NH+]2CCOCC2)nc2sc3c(c12)CCC3)c1ccccc1. The van der Waals surface area contributed by atoms with Gasteiger partial charge in [-0.15, -0.1) is 11.3 Å². The molecule has 1 aromatic carbocycles. The van der Waals surface area contributed by atoms with Gasteiger partial charge in [0.15, 0.2) is 5.82 Å². The van der Waals surface area contributed by atoms with Crippen molar-refractivity contribution in [3.05, 3.63) is 52.2 Å². The number of hydrogen-bond acceptors (Lipinski definition) is 5. The third-order valence-electron chi connectivity index (χ3n) is 5.87. The molecular weight excluding hydrogens is 368 g/mol. The molecule has 5 nitrogen and oxygen atoms in total. The minimum absolute atomic E-state index is 0.208. The van der Waals surface area contributed by atoms with Crippen molar-refractivity contribution in [3.63, 3.8) is 0 Å². The van der Waals surface area contributed by atoms with E-state index in [1.807, 2.05) is 11.3 Å². The molecular formula is C22H27N4OS+. The van der Waals surface area contributed by atoms with Crippen LogP contribution in [0.25, 0.3) is 10.2 Å². The van der Waals surface area contributed by atoms with Gasteiger partial charge in [0, 0.05) is 10.9 Å². The van der Waals surface area contributed by atoms with Gasteiger partial charge in [-0.2, -0.15) is 0 Å². The zero-order valence-corrected chi connectivity index (χ0v) is 17.1. The first-order valence-electron chi connectivity index (χ1n) is 10.3. The quantitative estimate of drug-likeness (QED) is 0.698. The second-order valence-electron chi connectivity index (χ2n) is 7.84. The molecule has 1 aliphatic carbocycles. The molecule has 2 aliphatic rings. The molecule has 6 heteroatoms. The minimum atomic E-state index is 0.208. The Bertz CT molecular complexity index is 966. The predicted molar refractivity (Wildman–Crippen MR) is 113 cm³/mol. The fraction of sp³-hybridized carbons (Fsp3) is 0.455. The summed E-state index contributed by atoms with van der Waals surface area (Å²) in [6.45, 7) is 6.82. The standard InChI is InChI=1S/C22H26N4OS/c1-15(16-6-3-2-4-7-16)23-21-20-17-8-5-9-18(17)28-22(20)25-19(24-21)14-26-10-12-27-13-11-26/h2-4,6-7,15H,5,8-14H2,1H3,(H,23,24,25)/p+1/t15-/m1/s1. The Hall–Kier alpha value is -2.02. The number of nitrogens with one attached hydrogen (secondary N) is 2. The van der Waals surface area contributed by atoms with Crippen LogP contribution in [0.2, 0.25) is 0 Å². The molecule has 0 unspecified atom stereocenters. The molecule has 146 valence electrons. The fourth-order valence-corrected chi connectivity index (χ4v) is 5.59. The molecule has 28 heavy (non-hydrogen) atoms. The Morgan fingerprint density at radius 3 is 2.79 bits per heavy atom. The molecule has 0 bridgehead atoms. The number of anilines is 1. The molecule has 1 saturated heterocycles. The second-order valence-corrected chi connectivity index (χ2v) is 8.93. The van der Waals surface area contributed by atoms with Crippen molar-refractivity contribution in [2.75, 3.05) is 31.6 Å². The van der Waals surface area contributed by atoms with Crippen LogP contribution in [0.1, 0.15) is 41.2 Å². The van der Waals surface area contributed by atoms with Gasteiger partial charge in [-0.3, -0.25) is 0 Å². The van der Waals surface area contributed by atoms with Crippen molar-refractivity contribution in [2.24, 2.45) is 0 Å². The predicted octanol–water partition coefficient (Wildman–Crippen LogP) is 2.77. The maximum atomic E-state index is 5.50. The Kier molecular flexibility index (Phi) is 5.01. The van der Waals surface area contributed by atoms with Crippen molar-refractivity contribution in [2.45, 2.75) is 38.8 Å². The third-order valence-corrected chi connectivity index (χ3v) is 7.06. The summed E-state index contributed by atoms with van der Waals surface area (Å²) < 4.78 is 5.50. The Morgan fingerprint density at radius 1 is 1.14 bits per heavy atom. The molecule has 0 amide bonds. The van der Waals surface area contributed by atoms with Gasteiger partial charge in [0.25, 0.3) is 0 Å². The van der Waals surface area contributed by atoms with E-state index in [1.165, 1.54) is 39.1 Å². The van der Waals surface area contributed by atoms with Crippen LogP contribution < -0.4 is 10.2 Å². The van der Waals surface area contributed by atoms with Crippen molar-refractivity contribution in [1.29, 1.82) is 0 Å². The maximum Gasteiger partial charge on any atom is 0.187 e. The van der Waals surface area contributed by atoms with Gasteiger partial charge < -0.3 is 15.0 Å². The number of fused-ring (bicyclic) bond motifs is 3. The molecule has 0 radical (unpaired) electrons. The smallest absolute Gasteiger partial charge is 0.187 e. The van der Waals surface area contributed by atoms with E-state index < -0.39 is 0 Å². The molecule has 2 aromatic heterocycles. The van der Waals surface area contributed by atoms with Crippen LogP contribution in [0.5, 0.6) is 0 Å². The molecule has 2 N–H and O–H groups in total. The molecule has 0 saturated carbocycles. The lowest BCUT2D eigenvalue weighted by Gasteiger charge is -2.23. The van der Waals surface area contributed by atoms with Crippen molar-refractivity contribution >= 4 is 27.4 Å². The summed E-state index contributed by atoms with van der Waals surface area (Å²) in [4.78, 5) is 14.2. The first-order chi connectivity index (χ1) is 13.8. The van der Waals surface area contributed by atoms with Crippen LogP contribution in [-0.2, 0) is 24.1 Å². The zero-order chi connectivity index (χ0) is 18.9. The normalized spacial score (nSPS) is 18.3. The Balaban J connectivity index is 1.51. The third kappa shape index (κ3) is 3.52. The van der Waals surface area contributed by atoms with Gasteiger partial charge in [0.2, 0.25) is 0 Å². The summed E-state index contributed by atoms with van der Waals surface area (Å²) in [5.74, 6) is 1.97. The van der Waals surface area contributed by atoms with Crippen LogP contribution in [0, 0.1) is 0 Å². The summed E-state index contributed by atoms with van der Waals surface area (Å²) in [7, 11) is 0. The van der Waals surface area contributed by atoms with E-state index in [0.717, 1.165) is 55.7 Å². The Labute approximate surface area is 169 Å². The van der Waals surface area contributed by atoms with Crippen molar-refractivity contribution < 1.29 is 9.64 Å². The summed E-state index contributed by atoms with van der Waals surface area (Å²) in [5, 5.41) is 4.98. The molecule has 0 spiro atoms. The number of quaternary nitrogens is 1. The molecule has 3 heterocycles. The first kappa shape index (κ1) is 18.0. The number of aryl methyl sites for hydroxylation is 2. The number of thiophene rings is 1. The summed E-state index contributed by atoms with van der Waals surface area (Å²) in [5.41, 5.74) is 2.76. The van der Waals surface area contributed by atoms with Crippen LogP contribution >= 0.6 is 11.3 Å². The summed E-state index contributed by atoms with van der Waals surface area (Å²) in [6.07, 6.45) is 3.60.